The van der Waals surface area contributed by atoms with Crippen molar-refractivity contribution in [2.75, 3.05) is 24.6 Å². The number of amides is 1. The number of hydrogen-bond donors (Lipinski definition) is 2. The minimum absolute atomic E-state index is 0.0213. The summed E-state index contributed by atoms with van der Waals surface area (Å²) in [4.78, 5) is 13.5. The molecule has 1 amide bonds. The molecule has 1 aromatic heterocycles. The maximum absolute atomic E-state index is 13.5. The zero-order valence-corrected chi connectivity index (χ0v) is 20.5. The van der Waals surface area contributed by atoms with Gasteiger partial charge in [0.05, 0.1) is 17.9 Å². The molecule has 8 nitrogen and oxygen atoms in total. The van der Waals surface area contributed by atoms with Crippen molar-refractivity contribution in [2.24, 2.45) is 0 Å². The molecular formula is C21H28N2O6S3. The van der Waals surface area contributed by atoms with Gasteiger partial charge in [-0.3, -0.25) is 10.0 Å². The first kappa shape index (κ1) is 24.8. The molecular weight excluding hydrogens is 472 g/mol. The van der Waals surface area contributed by atoms with E-state index in [-0.39, 0.29) is 25.3 Å². The normalized spacial score (nSPS) is 21.7. The summed E-state index contributed by atoms with van der Waals surface area (Å²) in [5, 5.41) is 9.12. The smallest absolute Gasteiger partial charge is 0.245 e. The maximum Gasteiger partial charge on any atom is 0.245 e. The van der Waals surface area contributed by atoms with E-state index in [1.807, 2.05) is 30.3 Å². The second kappa shape index (κ2) is 9.60. The minimum Gasteiger partial charge on any atom is -0.289 e. The molecule has 0 saturated carbocycles. The molecule has 11 heteroatoms. The van der Waals surface area contributed by atoms with Crippen molar-refractivity contribution in [2.45, 2.75) is 37.9 Å². The molecule has 176 valence electrons. The van der Waals surface area contributed by atoms with Crippen LogP contribution < -0.4 is 5.48 Å². The summed E-state index contributed by atoms with van der Waals surface area (Å²) in [6.45, 7) is 3.40. The summed E-state index contributed by atoms with van der Waals surface area (Å²) < 4.78 is 51.3. The highest BCUT2D eigenvalue weighted by molar-refractivity contribution is 7.92. The molecule has 1 aliphatic rings. The summed E-state index contributed by atoms with van der Waals surface area (Å²) in [6.07, 6.45) is 0.349. The van der Waals surface area contributed by atoms with Crippen LogP contribution in [0.15, 0.2) is 36.4 Å². The van der Waals surface area contributed by atoms with E-state index in [0.717, 1.165) is 16.9 Å². The molecule has 1 atom stereocenters. The fraction of sp³-hybridized carbons (Fsp3) is 0.476. The van der Waals surface area contributed by atoms with E-state index < -0.39 is 42.7 Å². The average molecular weight is 501 g/mol. The predicted molar refractivity (Wildman–Crippen MR) is 125 cm³/mol. The number of carbonyl (C=O) groups excluding carboxylic acids is 1. The van der Waals surface area contributed by atoms with Gasteiger partial charge in [0.1, 0.15) is 4.75 Å². The lowest BCUT2D eigenvalue weighted by atomic mass is 9.97. The first-order valence-corrected chi connectivity index (χ1v) is 14.5. The van der Waals surface area contributed by atoms with E-state index in [4.69, 9.17) is 5.21 Å². The van der Waals surface area contributed by atoms with E-state index in [2.05, 4.69) is 6.92 Å². The topological polar surface area (TPSA) is 121 Å². The van der Waals surface area contributed by atoms with Crippen molar-refractivity contribution in [3.8, 4) is 10.4 Å². The van der Waals surface area contributed by atoms with Gasteiger partial charge in [-0.15, -0.1) is 11.3 Å². The molecule has 3 rings (SSSR count). The van der Waals surface area contributed by atoms with Crippen LogP contribution in [0.4, 0.5) is 0 Å². The second-order valence-corrected chi connectivity index (χ2v) is 13.5. The Balaban J connectivity index is 2.07. The van der Waals surface area contributed by atoms with Crippen LogP contribution in [0.3, 0.4) is 0 Å². The van der Waals surface area contributed by atoms with Gasteiger partial charge in [-0.05, 0) is 43.0 Å². The van der Waals surface area contributed by atoms with Crippen LogP contribution >= 0.6 is 11.3 Å². The monoisotopic (exact) mass is 500 g/mol. The highest BCUT2D eigenvalue weighted by atomic mass is 32.2. The van der Waals surface area contributed by atoms with Crippen LogP contribution in [0.2, 0.25) is 0 Å². The molecule has 0 radical (unpaired) electrons. The summed E-state index contributed by atoms with van der Waals surface area (Å²) in [6, 6.07) is 11.5. The number of thiophene rings is 1. The standard InChI is InChI=1S/C21H28N2O6S3/c1-3-16-5-7-17(8-6-16)18-9-10-19(30-18)21(15-20(24)22-25)11-12-23(32(28,29)4-2)13-14-31(21,26)27/h5-10,25H,3-4,11-15H2,1-2H3,(H,22,24). The highest BCUT2D eigenvalue weighted by Gasteiger charge is 2.50. The van der Waals surface area contributed by atoms with Crippen molar-refractivity contribution in [3.05, 3.63) is 46.8 Å². The fourth-order valence-corrected chi connectivity index (χ4v) is 8.78. The number of rotatable bonds is 7. The third-order valence-electron chi connectivity index (χ3n) is 6.00. The Morgan fingerprint density at radius 2 is 1.84 bits per heavy atom. The van der Waals surface area contributed by atoms with Gasteiger partial charge >= 0.3 is 0 Å². The van der Waals surface area contributed by atoms with Gasteiger partial charge in [-0.2, -0.15) is 0 Å². The van der Waals surface area contributed by atoms with Crippen LogP contribution in [0, 0.1) is 0 Å². The Morgan fingerprint density at radius 3 is 2.44 bits per heavy atom. The van der Waals surface area contributed by atoms with E-state index in [1.165, 1.54) is 33.6 Å². The van der Waals surface area contributed by atoms with E-state index in [1.54, 1.807) is 6.07 Å². The number of hydroxylamine groups is 1. The zero-order valence-electron chi connectivity index (χ0n) is 18.1. The summed E-state index contributed by atoms with van der Waals surface area (Å²) in [5.41, 5.74) is 3.66. The Kier molecular flexibility index (Phi) is 7.45. The minimum atomic E-state index is -3.93. The molecule has 1 aliphatic heterocycles. The van der Waals surface area contributed by atoms with Gasteiger partial charge in [0.25, 0.3) is 0 Å². The van der Waals surface area contributed by atoms with Crippen molar-refractivity contribution < 1.29 is 26.8 Å². The lowest BCUT2D eigenvalue weighted by Crippen LogP contribution is -2.41. The lowest BCUT2D eigenvalue weighted by molar-refractivity contribution is -0.129. The van der Waals surface area contributed by atoms with Crippen LogP contribution in [-0.4, -0.2) is 56.9 Å². The first-order valence-electron chi connectivity index (χ1n) is 10.4. The Bertz CT molecular complexity index is 1170. The number of sulfonamides is 1. The molecule has 2 heterocycles. The number of nitrogens with one attached hydrogen (secondary N) is 1. The van der Waals surface area contributed by atoms with Crippen molar-refractivity contribution in [1.82, 2.24) is 9.79 Å². The highest BCUT2D eigenvalue weighted by Crippen LogP contribution is 2.45. The van der Waals surface area contributed by atoms with E-state index in [9.17, 15) is 21.6 Å². The fourth-order valence-electron chi connectivity index (χ4n) is 3.95. The number of carbonyl (C=O) groups is 1. The average Bonchev–Trinajstić information content (AvgIpc) is 3.23. The molecule has 1 aromatic carbocycles. The predicted octanol–water partition coefficient (Wildman–Crippen LogP) is 2.54. The Hall–Kier alpha value is -1.79. The number of sulfone groups is 1. The van der Waals surface area contributed by atoms with E-state index >= 15 is 0 Å². The largest absolute Gasteiger partial charge is 0.289 e. The second-order valence-electron chi connectivity index (χ2n) is 7.79. The summed E-state index contributed by atoms with van der Waals surface area (Å²) >= 11 is 1.27. The third kappa shape index (κ3) is 4.76. The molecule has 0 aliphatic carbocycles. The molecule has 2 aromatic rings. The molecule has 1 saturated heterocycles. The summed E-state index contributed by atoms with van der Waals surface area (Å²) in [5.74, 6) is -1.36. The molecule has 1 fully saturated rings. The van der Waals surface area contributed by atoms with Crippen molar-refractivity contribution in [1.29, 1.82) is 0 Å². The third-order valence-corrected chi connectivity index (χ3v) is 11.8. The first-order chi connectivity index (χ1) is 15.1. The number of hydrogen-bond acceptors (Lipinski definition) is 7. The molecule has 1 unspecified atom stereocenters. The van der Waals surface area contributed by atoms with Gasteiger partial charge in [0.2, 0.25) is 15.9 Å². The van der Waals surface area contributed by atoms with Gasteiger partial charge in [0, 0.05) is 22.8 Å². The maximum atomic E-state index is 13.5. The van der Waals surface area contributed by atoms with Gasteiger partial charge in [-0.25, -0.2) is 26.6 Å². The molecule has 0 spiro atoms. The van der Waals surface area contributed by atoms with Crippen molar-refractivity contribution >= 4 is 37.1 Å². The summed E-state index contributed by atoms with van der Waals surface area (Å²) in [7, 11) is -7.51. The Morgan fingerprint density at radius 1 is 1.16 bits per heavy atom. The van der Waals surface area contributed by atoms with Crippen molar-refractivity contribution in [3.63, 3.8) is 0 Å². The Labute approximate surface area is 193 Å². The van der Waals surface area contributed by atoms with Gasteiger partial charge in [0.15, 0.2) is 9.84 Å². The lowest BCUT2D eigenvalue weighted by Gasteiger charge is -2.30. The molecule has 32 heavy (non-hydrogen) atoms. The zero-order chi connectivity index (χ0) is 23.6. The van der Waals surface area contributed by atoms with Gasteiger partial charge < -0.3 is 0 Å². The number of nitrogens with zero attached hydrogens (tertiary/aromatic N) is 1. The van der Waals surface area contributed by atoms with Gasteiger partial charge in [-0.1, -0.05) is 31.2 Å². The molecule has 2 N–H and O–H groups in total. The van der Waals surface area contributed by atoms with E-state index in [0.29, 0.717) is 4.88 Å². The van der Waals surface area contributed by atoms with Crippen LogP contribution in [0.25, 0.3) is 10.4 Å². The van der Waals surface area contributed by atoms with Crippen LogP contribution in [0.5, 0.6) is 0 Å². The van der Waals surface area contributed by atoms with Crippen LogP contribution in [-0.2, 0) is 35.8 Å². The number of benzene rings is 1. The van der Waals surface area contributed by atoms with Crippen LogP contribution in [0.1, 0.15) is 37.1 Å². The quantitative estimate of drug-likeness (QED) is 0.445. The molecule has 0 bridgehead atoms. The number of aryl methyl sites for hydroxylation is 1. The SMILES string of the molecule is CCc1ccc(-c2ccc(C3(CC(=O)NO)CCN(S(=O)(=O)CC)CCS3(=O)=O)s2)cc1.